The molecule has 0 bridgehead atoms. The van der Waals surface area contributed by atoms with Gasteiger partial charge in [-0.15, -0.1) is 10.2 Å². The Bertz CT molecular complexity index is 1120. The van der Waals surface area contributed by atoms with Gasteiger partial charge in [0.1, 0.15) is 5.82 Å². The molecule has 2 amide bonds. The van der Waals surface area contributed by atoms with Gasteiger partial charge in [0.2, 0.25) is 5.91 Å². The van der Waals surface area contributed by atoms with Gasteiger partial charge in [0.05, 0.1) is 11.8 Å². The Morgan fingerprint density at radius 3 is 2.56 bits per heavy atom. The van der Waals surface area contributed by atoms with Gasteiger partial charge < -0.3 is 15.2 Å². The molecule has 1 aromatic heterocycles. The summed E-state index contributed by atoms with van der Waals surface area (Å²) in [5.41, 5.74) is 1.93. The van der Waals surface area contributed by atoms with Crippen LogP contribution in [-0.2, 0) is 11.3 Å². The number of aryl methyl sites for hydroxylation is 1. The molecule has 0 unspecified atom stereocenters. The first-order valence-electron chi connectivity index (χ1n) is 9.96. The highest BCUT2D eigenvalue weighted by molar-refractivity contribution is 7.99. The van der Waals surface area contributed by atoms with Crippen molar-refractivity contribution in [2.75, 3.05) is 11.1 Å². The number of anilines is 1. The third-order valence-corrected chi connectivity index (χ3v) is 5.90. The van der Waals surface area contributed by atoms with E-state index in [2.05, 4.69) is 20.8 Å². The molecule has 0 aliphatic rings. The minimum atomic E-state index is -0.431. The normalized spacial score (nSPS) is 11.8. The Labute approximate surface area is 194 Å². The zero-order valence-electron chi connectivity index (χ0n) is 17.9. The number of amides is 2. The highest BCUT2D eigenvalue weighted by atomic mass is 35.5. The van der Waals surface area contributed by atoms with E-state index in [1.54, 1.807) is 25.1 Å². The molecule has 1 atom stereocenters. The number of aromatic nitrogens is 3. The van der Waals surface area contributed by atoms with Crippen molar-refractivity contribution < 1.29 is 14.0 Å². The van der Waals surface area contributed by atoms with Gasteiger partial charge in [-0.2, -0.15) is 0 Å². The van der Waals surface area contributed by atoms with Crippen molar-refractivity contribution in [2.24, 2.45) is 0 Å². The molecular formula is C22H23ClFN5O2S. The standard InChI is InChI=1S/C22H23ClFN5O2S/c1-4-29-20(14(3)25-21(31)15-5-8-17(24)9-6-15)27-28-22(29)32-12-19(30)26-18-10-7-16(23)11-13(18)2/h5-11,14H,4,12H2,1-3H3,(H,25,31)(H,26,30)/t14-/m0/s1. The molecule has 1 heterocycles. The average Bonchev–Trinajstić information content (AvgIpc) is 3.17. The number of nitrogens with zero attached hydrogens (tertiary/aromatic N) is 3. The number of halogens is 2. The number of thioether (sulfide) groups is 1. The predicted octanol–water partition coefficient (Wildman–Crippen LogP) is 4.62. The number of rotatable bonds is 8. The zero-order chi connectivity index (χ0) is 23.3. The number of hydrogen-bond donors (Lipinski definition) is 2. The van der Waals surface area contributed by atoms with Crippen molar-refractivity contribution in [3.63, 3.8) is 0 Å². The summed E-state index contributed by atoms with van der Waals surface area (Å²) in [6.45, 7) is 6.17. The number of carbonyl (C=O) groups excluding carboxylic acids is 2. The number of benzene rings is 2. The summed E-state index contributed by atoms with van der Waals surface area (Å²) < 4.78 is 14.9. The largest absolute Gasteiger partial charge is 0.342 e. The summed E-state index contributed by atoms with van der Waals surface area (Å²) in [4.78, 5) is 24.8. The second-order valence-electron chi connectivity index (χ2n) is 7.08. The second kappa shape index (κ2) is 10.6. The summed E-state index contributed by atoms with van der Waals surface area (Å²) in [5.74, 6) is -0.201. The Morgan fingerprint density at radius 2 is 1.91 bits per heavy atom. The van der Waals surface area contributed by atoms with Gasteiger partial charge in [0.25, 0.3) is 5.91 Å². The maximum atomic E-state index is 13.1. The monoisotopic (exact) mass is 475 g/mol. The van der Waals surface area contributed by atoms with Crippen LogP contribution in [0.2, 0.25) is 5.02 Å². The SMILES string of the molecule is CCn1c(SCC(=O)Nc2ccc(Cl)cc2C)nnc1[C@H](C)NC(=O)c1ccc(F)cc1. The van der Waals surface area contributed by atoms with Crippen LogP contribution in [0.5, 0.6) is 0 Å². The van der Waals surface area contributed by atoms with E-state index in [-0.39, 0.29) is 17.6 Å². The molecule has 0 saturated heterocycles. The molecule has 7 nitrogen and oxygen atoms in total. The third-order valence-electron chi connectivity index (χ3n) is 4.70. The zero-order valence-corrected chi connectivity index (χ0v) is 19.4. The first-order valence-corrected chi connectivity index (χ1v) is 11.3. The van der Waals surface area contributed by atoms with Crippen molar-refractivity contribution in [1.29, 1.82) is 0 Å². The highest BCUT2D eigenvalue weighted by Crippen LogP contribution is 2.23. The van der Waals surface area contributed by atoms with E-state index in [0.29, 0.717) is 33.8 Å². The van der Waals surface area contributed by atoms with Gasteiger partial charge in [0, 0.05) is 22.8 Å². The number of carbonyl (C=O) groups is 2. The quantitative estimate of drug-likeness (QED) is 0.464. The maximum Gasteiger partial charge on any atom is 0.251 e. The Hall–Kier alpha value is -2.91. The lowest BCUT2D eigenvalue weighted by molar-refractivity contribution is -0.113. The summed E-state index contributed by atoms with van der Waals surface area (Å²) >= 11 is 7.21. The molecule has 0 aliphatic carbocycles. The van der Waals surface area contributed by atoms with Gasteiger partial charge in [0.15, 0.2) is 11.0 Å². The van der Waals surface area contributed by atoms with E-state index in [1.807, 2.05) is 18.4 Å². The van der Waals surface area contributed by atoms with Crippen LogP contribution < -0.4 is 10.6 Å². The molecule has 0 aliphatic heterocycles. The first kappa shape index (κ1) is 23.7. The van der Waals surface area contributed by atoms with Crippen molar-refractivity contribution >= 4 is 40.9 Å². The fraction of sp³-hybridized carbons (Fsp3) is 0.273. The van der Waals surface area contributed by atoms with Gasteiger partial charge in [-0.1, -0.05) is 23.4 Å². The van der Waals surface area contributed by atoms with Gasteiger partial charge in [-0.25, -0.2) is 4.39 Å². The van der Waals surface area contributed by atoms with Crippen molar-refractivity contribution in [3.05, 3.63) is 70.3 Å². The van der Waals surface area contributed by atoms with Crippen molar-refractivity contribution in [2.45, 2.75) is 38.5 Å². The van der Waals surface area contributed by atoms with E-state index in [0.717, 1.165) is 5.56 Å². The first-order chi connectivity index (χ1) is 15.3. The van der Waals surface area contributed by atoms with Crippen LogP contribution >= 0.6 is 23.4 Å². The average molecular weight is 476 g/mol. The topological polar surface area (TPSA) is 88.9 Å². The Morgan fingerprint density at radius 1 is 1.19 bits per heavy atom. The third kappa shape index (κ3) is 5.86. The molecular weight excluding hydrogens is 453 g/mol. The fourth-order valence-electron chi connectivity index (χ4n) is 3.05. The highest BCUT2D eigenvalue weighted by Gasteiger charge is 2.20. The lowest BCUT2D eigenvalue weighted by Crippen LogP contribution is -2.28. The summed E-state index contributed by atoms with van der Waals surface area (Å²) in [7, 11) is 0. The molecule has 0 saturated carbocycles. The molecule has 3 aromatic rings. The van der Waals surface area contributed by atoms with E-state index in [4.69, 9.17) is 11.6 Å². The molecule has 3 rings (SSSR count). The molecule has 168 valence electrons. The molecule has 10 heteroatoms. The lowest BCUT2D eigenvalue weighted by Gasteiger charge is -2.15. The fourth-order valence-corrected chi connectivity index (χ4v) is 4.09. The van der Waals surface area contributed by atoms with Gasteiger partial charge >= 0.3 is 0 Å². The smallest absolute Gasteiger partial charge is 0.251 e. The Kier molecular flexibility index (Phi) is 7.87. The van der Waals surface area contributed by atoms with E-state index in [9.17, 15) is 14.0 Å². The minimum absolute atomic E-state index is 0.149. The molecule has 32 heavy (non-hydrogen) atoms. The predicted molar refractivity (Wildman–Crippen MR) is 124 cm³/mol. The Balaban J connectivity index is 1.62. The minimum Gasteiger partial charge on any atom is -0.342 e. The number of nitrogens with one attached hydrogen (secondary N) is 2. The molecule has 0 spiro atoms. The van der Waals surface area contributed by atoms with E-state index < -0.39 is 11.9 Å². The van der Waals surface area contributed by atoms with E-state index >= 15 is 0 Å². The van der Waals surface area contributed by atoms with Gasteiger partial charge in [-0.05, 0) is 68.8 Å². The van der Waals surface area contributed by atoms with E-state index in [1.165, 1.54) is 36.0 Å². The van der Waals surface area contributed by atoms with Crippen LogP contribution in [0, 0.1) is 12.7 Å². The van der Waals surface area contributed by atoms with Crippen LogP contribution in [-0.4, -0.2) is 32.3 Å². The van der Waals surface area contributed by atoms with Crippen molar-refractivity contribution in [1.82, 2.24) is 20.1 Å². The molecule has 0 fully saturated rings. The lowest BCUT2D eigenvalue weighted by atomic mass is 10.2. The molecule has 2 aromatic carbocycles. The summed E-state index contributed by atoms with van der Waals surface area (Å²) in [5, 5.41) is 15.3. The van der Waals surface area contributed by atoms with Crippen molar-refractivity contribution in [3.8, 4) is 0 Å². The van der Waals surface area contributed by atoms with Crippen LogP contribution in [0.25, 0.3) is 0 Å². The summed E-state index contributed by atoms with van der Waals surface area (Å²) in [6.07, 6.45) is 0. The number of hydrogen-bond acceptors (Lipinski definition) is 5. The van der Waals surface area contributed by atoms with Crippen LogP contribution in [0.4, 0.5) is 10.1 Å². The summed E-state index contributed by atoms with van der Waals surface area (Å²) in [6, 6.07) is 10.1. The van der Waals surface area contributed by atoms with Crippen LogP contribution in [0.15, 0.2) is 47.6 Å². The molecule has 2 N–H and O–H groups in total. The second-order valence-corrected chi connectivity index (χ2v) is 8.46. The molecule has 0 radical (unpaired) electrons. The van der Waals surface area contributed by atoms with Crippen LogP contribution in [0.3, 0.4) is 0 Å². The maximum absolute atomic E-state index is 13.1. The van der Waals surface area contributed by atoms with Gasteiger partial charge in [-0.3, -0.25) is 9.59 Å². The van der Waals surface area contributed by atoms with Crippen LogP contribution in [0.1, 0.15) is 41.6 Å².